The number of hydrogen-bond donors (Lipinski definition) is 2. The van der Waals surface area contributed by atoms with Gasteiger partial charge in [0.1, 0.15) is 5.82 Å². The van der Waals surface area contributed by atoms with Gasteiger partial charge in [0.25, 0.3) is 5.91 Å². The van der Waals surface area contributed by atoms with Crippen LogP contribution in [0.5, 0.6) is 0 Å². The normalized spacial score (nSPS) is 10.3. The summed E-state index contributed by atoms with van der Waals surface area (Å²) in [6.45, 7) is 0.625. The van der Waals surface area contributed by atoms with E-state index in [0.717, 1.165) is 5.56 Å². The molecule has 4 nitrogen and oxygen atoms in total. The van der Waals surface area contributed by atoms with E-state index >= 15 is 0 Å². The number of amides is 1. The second-order valence-electron chi connectivity index (χ2n) is 5.37. The van der Waals surface area contributed by atoms with Crippen LogP contribution < -0.4 is 10.6 Å². The van der Waals surface area contributed by atoms with Gasteiger partial charge < -0.3 is 10.6 Å². The first kappa shape index (κ1) is 17.3. The van der Waals surface area contributed by atoms with E-state index in [1.807, 2.05) is 24.3 Å². The summed E-state index contributed by atoms with van der Waals surface area (Å²) in [6.07, 6.45) is 1.54. The molecule has 0 radical (unpaired) electrons. The van der Waals surface area contributed by atoms with Crippen molar-refractivity contribution in [3.63, 3.8) is 0 Å². The summed E-state index contributed by atoms with van der Waals surface area (Å²) in [6, 6.07) is 18.0. The van der Waals surface area contributed by atoms with E-state index in [-0.39, 0.29) is 5.91 Å². The molecule has 25 heavy (non-hydrogen) atoms. The minimum atomic E-state index is -0.223. The van der Waals surface area contributed by atoms with Gasteiger partial charge in [-0.3, -0.25) is 4.79 Å². The van der Waals surface area contributed by atoms with Crippen molar-refractivity contribution in [2.24, 2.45) is 0 Å². The molecule has 0 bridgehead atoms. The molecule has 126 valence electrons. The first-order chi connectivity index (χ1) is 12.1. The maximum Gasteiger partial charge on any atom is 0.257 e. The van der Waals surface area contributed by atoms with Crippen LogP contribution in [0, 0.1) is 0 Å². The summed E-state index contributed by atoms with van der Waals surface area (Å²) in [5, 5.41) is 7.33. The zero-order chi connectivity index (χ0) is 17.6. The summed E-state index contributed by atoms with van der Waals surface area (Å²) < 4.78 is 0. The zero-order valence-electron chi connectivity index (χ0n) is 13.2. The summed E-state index contributed by atoms with van der Waals surface area (Å²) in [5.41, 5.74) is 2.25. The maximum atomic E-state index is 12.2. The number of nitrogens with zero attached hydrogens (tertiary/aromatic N) is 1. The van der Waals surface area contributed by atoms with Crippen LogP contribution in [0.25, 0.3) is 0 Å². The largest absolute Gasteiger partial charge is 0.366 e. The van der Waals surface area contributed by atoms with Crippen molar-refractivity contribution in [1.82, 2.24) is 4.98 Å². The van der Waals surface area contributed by atoms with Crippen LogP contribution in [0.1, 0.15) is 15.9 Å². The molecule has 6 heteroatoms. The van der Waals surface area contributed by atoms with Crippen molar-refractivity contribution in [3.05, 3.63) is 88.0 Å². The Bertz CT molecular complexity index is 847. The van der Waals surface area contributed by atoms with Crippen LogP contribution >= 0.6 is 23.2 Å². The third kappa shape index (κ3) is 4.95. The molecular weight excluding hydrogens is 357 g/mol. The van der Waals surface area contributed by atoms with Gasteiger partial charge in [0, 0.05) is 28.5 Å². The van der Waals surface area contributed by atoms with Crippen LogP contribution in [0.3, 0.4) is 0 Å². The van der Waals surface area contributed by atoms with Crippen molar-refractivity contribution in [3.8, 4) is 0 Å². The molecule has 0 spiro atoms. The van der Waals surface area contributed by atoms with Gasteiger partial charge in [-0.15, -0.1) is 0 Å². The lowest BCUT2D eigenvalue weighted by molar-refractivity contribution is 0.102. The third-order valence-corrected chi connectivity index (χ3v) is 4.02. The number of aromatic nitrogens is 1. The van der Waals surface area contributed by atoms with E-state index in [1.54, 1.807) is 36.4 Å². The number of anilines is 2. The van der Waals surface area contributed by atoms with Crippen molar-refractivity contribution in [2.45, 2.75) is 6.54 Å². The Morgan fingerprint density at radius 2 is 1.52 bits per heavy atom. The number of carbonyl (C=O) groups is 1. The van der Waals surface area contributed by atoms with Gasteiger partial charge in [0.05, 0.1) is 5.56 Å². The first-order valence-electron chi connectivity index (χ1n) is 7.61. The Balaban J connectivity index is 1.58. The fourth-order valence-electron chi connectivity index (χ4n) is 2.16. The Labute approximate surface area is 155 Å². The standard InChI is InChI=1S/C19H15Cl2N3O/c20-15-4-1-13(2-5-15)11-22-18-10-3-14(12-23-18)19(25)24-17-8-6-16(21)7-9-17/h1-10,12H,11H2,(H,22,23)(H,24,25). The molecule has 3 aromatic rings. The van der Waals surface area contributed by atoms with E-state index in [9.17, 15) is 4.79 Å². The average Bonchev–Trinajstić information content (AvgIpc) is 2.63. The molecule has 3 rings (SSSR count). The predicted octanol–water partition coefficient (Wildman–Crippen LogP) is 5.25. The third-order valence-electron chi connectivity index (χ3n) is 3.51. The van der Waals surface area contributed by atoms with Gasteiger partial charge >= 0.3 is 0 Å². The fraction of sp³-hybridized carbons (Fsp3) is 0.0526. The second-order valence-corrected chi connectivity index (χ2v) is 6.25. The lowest BCUT2D eigenvalue weighted by Gasteiger charge is -2.08. The highest BCUT2D eigenvalue weighted by Crippen LogP contribution is 2.15. The molecule has 0 saturated carbocycles. The van der Waals surface area contributed by atoms with Gasteiger partial charge in [0.2, 0.25) is 0 Å². The number of benzene rings is 2. The molecule has 0 aliphatic carbocycles. The van der Waals surface area contributed by atoms with Crippen LogP contribution in [-0.4, -0.2) is 10.9 Å². The predicted molar refractivity (Wildman–Crippen MR) is 102 cm³/mol. The topological polar surface area (TPSA) is 54.0 Å². The van der Waals surface area contributed by atoms with Crippen molar-refractivity contribution < 1.29 is 4.79 Å². The summed E-state index contributed by atoms with van der Waals surface area (Å²) >= 11 is 11.7. The quantitative estimate of drug-likeness (QED) is 0.643. The van der Waals surface area contributed by atoms with Gasteiger partial charge in [-0.1, -0.05) is 35.3 Å². The molecule has 2 aromatic carbocycles. The monoisotopic (exact) mass is 371 g/mol. The molecule has 0 aliphatic heterocycles. The zero-order valence-corrected chi connectivity index (χ0v) is 14.7. The summed E-state index contributed by atoms with van der Waals surface area (Å²) in [7, 11) is 0. The van der Waals surface area contributed by atoms with Crippen LogP contribution in [0.15, 0.2) is 66.9 Å². The molecule has 0 unspecified atom stereocenters. The van der Waals surface area contributed by atoms with Gasteiger partial charge in [-0.2, -0.15) is 0 Å². The number of hydrogen-bond acceptors (Lipinski definition) is 3. The maximum absolute atomic E-state index is 12.2. The molecule has 0 fully saturated rings. The number of halogens is 2. The molecule has 0 atom stereocenters. The number of carbonyl (C=O) groups excluding carboxylic acids is 1. The Hall–Kier alpha value is -2.56. The highest BCUT2D eigenvalue weighted by molar-refractivity contribution is 6.30. The summed E-state index contributed by atoms with van der Waals surface area (Å²) in [5.74, 6) is 0.470. The smallest absolute Gasteiger partial charge is 0.257 e. The van der Waals surface area contributed by atoms with E-state index in [0.29, 0.717) is 33.7 Å². The molecule has 1 heterocycles. The van der Waals surface area contributed by atoms with Gasteiger partial charge in [-0.25, -0.2) is 4.98 Å². The van der Waals surface area contributed by atoms with Crippen molar-refractivity contribution in [2.75, 3.05) is 10.6 Å². The Kier molecular flexibility index (Phi) is 5.53. The minimum absolute atomic E-state index is 0.223. The lowest BCUT2D eigenvalue weighted by atomic mass is 10.2. The van der Waals surface area contributed by atoms with E-state index in [4.69, 9.17) is 23.2 Å². The SMILES string of the molecule is O=C(Nc1ccc(Cl)cc1)c1ccc(NCc2ccc(Cl)cc2)nc1. The Morgan fingerprint density at radius 3 is 2.12 bits per heavy atom. The highest BCUT2D eigenvalue weighted by Gasteiger charge is 2.07. The minimum Gasteiger partial charge on any atom is -0.366 e. The molecular formula is C19H15Cl2N3O. The van der Waals surface area contributed by atoms with Crippen LogP contribution in [0.2, 0.25) is 10.0 Å². The molecule has 0 aliphatic rings. The number of pyridine rings is 1. The van der Waals surface area contributed by atoms with E-state index in [1.165, 1.54) is 6.20 Å². The summed E-state index contributed by atoms with van der Waals surface area (Å²) in [4.78, 5) is 16.5. The first-order valence-corrected chi connectivity index (χ1v) is 8.37. The van der Waals surface area contributed by atoms with Gasteiger partial charge in [-0.05, 0) is 54.1 Å². The number of rotatable bonds is 5. The fourth-order valence-corrected chi connectivity index (χ4v) is 2.42. The highest BCUT2D eigenvalue weighted by atomic mass is 35.5. The van der Waals surface area contributed by atoms with Crippen LogP contribution in [-0.2, 0) is 6.54 Å². The molecule has 1 aromatic heterocycles. The van der Waals surface area contributed by atoms with E-state index < -0.39 is 0 Å². The van der Waals surface area contributed by atoms with Crippen molar-refractivity contribution >= 4 is 40.6 Å². The average molecular weight is 372 g/mol. The molecule has 0 saturated heterocycles. The number of nitrogens with one attached hydrogen (secondary N) is 2. The van der Waals surface area contributed by atoms with Crippen LogP contribution in [0.4, 0.5) is 11.5 Å². The van der Waals surface area contributed by atoms with E-state index in [2.05, 4.69) is 15.6 Å². The van der Waals surface area contributed by atoms with Gasteiger partial charge in [0.15, 0.2) is 0 Å². The van der Waals surface area contributed by atoms with Crippen molar-refractivity contribution in [1.29, 1.82) is 0 Å². The molecule has 1 amide bonds. The molecule has 2 N–H and O–H groups in total. The Morgan fingerprint density at radius 1 is 0.880 bits per heavy atom. The lowest BCUT2D eigenvalue weighted by Crippen LogP contribution is -2.12. The second kappa shape index (κ2) is 8.01.